The Morgan fingerprint density at radius 2 is 1.61 bits per heavy atom. The largest absolute Gasteiger partial charge is 0.493 e. The number of fused-ring (bicyclic) bond motifs is 1. The van der Waals surface area contributed by atoms with Gasteiger partial charge in [-0.3, -0.25) is 4.79 Å². The van der Waals surface area contributed by atoms with Gasteiger partial charge < -0.3 is 19.8 Å². The number of aromatic amines is 1. The molecule has 5 aromatic rings. The van der Waals surface area contributed by atoms with Crippen LogP contribution in [0.3, 0.4) is 0 Å². The smallest absolute Gasteiger partial charge is 0.254 e. The second kappa shape index (κ2) is 10.3. The average Bonchev–Trinajstić information content (AvgIpc) is 3.28. The third kappa shape index (κ3) is 4.58. The van der Waals surface area contributed by atoms with Crippen molar-refractivity contribution in [1.29, 1.82) is 0 Å². The highest BCUT2D eigenvalue weighted by Gasteiger charge is 2.18. The molecule has 0 aliphatic heterocycles. The summed E-state index contributed by atoms with van der Waals surface area (Å²) in [5, 5.41) is 9.73. The molecule has 0 unspecified atom stereocenters. The second-order valence-corrected chi connectivity index (χ2v) is 8.65. The maximum atomic E-state index is 13.1. The fourth-order valence-electron chi connectivity index (χ4n) is 4.17. The molecule has 0 aliphatic carbocycles. The number of hydrogen-bond acceptors (Lipinski definition) is 5. The number of hydrogen-bond donors (Lipinski definition) is 2. The third-order valence-electron chi connectivity index (χ3n) is 6.01. The molecule has 2 aromatic heterocycles. The number of H-pyrrole nitrogens is 1. The molecule has 0 bridgehead atoms. The molecule has 0 atom stereocenters. The topological polar surface area (TPSA) is 81.2 Å². The zero-order valence-electron chi connectivity index (χ0n) is 19.9. The number of aromatic nitrogens is 3. The van der Waals surface area contributed by atoms with Crippen molar-refractivity contribution >= 4 is 22.6 Å². The van der Waals surface area contributed by atoms with Gasteiger partial charge in [0.1, 0.15) is 11.3 Å². The second-order valence-electron chi connectivity index (χ2n) is 8.25. The molecule has 0 saturated heterocycles. The van der Waals surface area contributed by atoms with Crippen LogP contribution in [0.2, 0.25) is 5.02 Å². The highest BCUT2D eigenvalue weighted by molar-refractivity contribution is 6.31. The predicted molar refractivity (Wildman–Crippen MR) is 142 cm³/mol. The minimum absolute atomic E-state index is 0.176. The normalized spacial score (nSPS) is 11.1. The Kier molecular flexibility index (Phi) is 6.75. The van der Waals surface area contributed by atoms with Crippen molar-refractivity contribution in [2.24, 2.45) is 0 Å². The van der Waals surface area contributed by atoms with Crippen molar-refractivity contribution in [3.05, 3.63) is 105 Å². The lowest BCUT2D eigenvalue weighted by Crippen LogP contribution is -2.21. The summed E-state index contributed by atoms with van der Waals surface area (Å²) in [5.41, 5.74) is 4.42. The Bertz CT molecular complexity index is 1580. The monoisotopic (exact) mass is 500 g/mol. The molecule has 0 radical (unpaired) electrons. The highest BCUT2D eigenvalue weighted by atomic mass is 35.5. The van der Waals surface area contributed by atoms with Crippen LogP contribution in [-0.4, -0.2) is 29.0 Å². The number of ether oxygens (including phenoxy) is 2. The average molecular weight is 501 g/mol. The molecule has 2 heterocycles. The number of methoxy groups -OCH3 is 2. The van der Waals surface area contributed by atoms with E-state index in [2.05, 4.69) is 10.3 Å². The first-order chi connectivity index (χ1) is 17.6. The summed E-state index contributed by atoms with van der Waals surface area (Å²) in [6.07, 6.45) is 0. The van der Waals surface area contributed by atoms with Crippen molar-refractivity contribution < 1.29 is 9.47 Å². The van der Waals surface area contributed by atoms with Crippen LogP contribution >= 0.6 is 11.6 Å². The van der Waals surface area contributed by atoms with E-state index in [4.69, 9.17) is 26.2 Å². The van der Waals surface area contributed by atoms with Gasteiger partial charge in [0.05, 0.1) is 19.9 Å². The number of nitrogens with one attached hydrogen (secondary N) is 2. The summed E-state index contributed by atoms with van der Waals surface area (Å²) < 4.78 is 12.7. The minimum Gasteiger partial charge on any atom is -0.493 e. The first-order valence-electron chi connectivity index (χ1n) is 11.5. The van der Waals surface area contributed by atoms with E-state index in [0.29, 0.717) is 40.8 Å². The van der Waals surface area contributed by atoms with Gasteiger partial charge in [0, 0.05) is 34.6 Å². The Hall–Kier alpha value is -4.07. The summed E-state index contributed by atoms with van der Waals surface area (Å²) in [7, 11) is 3.20. The van der Waals surface area contributed by atoms with Crippen LogP contribution in [-0.2, 0) is 13.1 Å². The standard InChI is InChI=1S/C28H25ClN4O3/c1-35-24-13-12-18(15-25(24)36-2)26-22-14-20(17-30-16-19-8-6-7-11-23(19)29)28(34)31-27(22)33(32-26)21-9-4-3-5-10-21/h3-15,30H,16-17H2,1-2H3,(H,31,34). The number of benzene rings is 3. The SMILES string of the molecule is COc1ccc(-c2nn(-c3ccccc3)c3[nH]c(=O)c(CNCc4ccccc4Cl)cc23)cc1OC. The van der Waals surface area contributed by atoms with Gasteiger partial charge in [-0.15, -0.1) is 0 Å². The molecule has 2 N–H and O–H groups in total. The Balaban J connectivity index is 1.59. The van der Waals surface area contributed by atoms with Gasteiger partial charge >= 0.3 is 0 Å². The molecule has 182 valence electrons. The van der Waals surface area contributed by atoms with Crippen molar-refractivity contribution in [3.63, 3.8) is 0 Å². The lowest BCUT2D eigenvalue weighted by atomic mass is 10.1. The van der Waals surface area contributed by atoms with E-state index < -0.39 is 0 Å². The summed E-state index contributed by atoms with van der Waals surface area (Å²) in [6, 6.07) is 24.9. The van der Waals surface area contributed by atoms with Gasteiger partial charge in [0.2, 0.25) is 0 Å². The Morgan fingerprint density at radius 3 is 2.36 bits per heavy atom. The lowest BCUT2D eigenvalue weighted by Gasteiger charge is -2.09. The summed E-state index contributed by atoms with van der Waals surface area (Å²) in [4.78, 5) is 16.1. The van der Waals surface area contributed by atoms with Crippen LogP contribution in [0.15, 0.2) is 83.7 Å². The number of nitrogens with zero attached hydrogens (tertiary/aromatic N) is 2. The molecule has 3 aromatic carbocycles. The molecule has 36 heavy (non-hydrogen) atoms. The van der Waals surface area contributed by atoms with E-state index >= 15 is 0 Å². The first-order valence-corrected chi connectivity index (χ1v) is 11.8. The van der Waals surface area contributed by atoms with E-state index in [0.717, 1.165) is 27.9 Å². The number of halogens is 1. The molecule has 0 spiro atoms. The zero-order chi connectivity index (χ0) is 25.1. The fourth-order valence-corrected chi connectivity index (χ4v) is 4.37. The maximum absolute atomic E-state index is 13.1. The van der Waals surface area contributed by atoms with Crippen molar-refractivity contribution in [1.82, 2.24) is 20.1 Å². The molecular weight excluding hydrogens is 476 g/mol. The summed E-state index contributed by atoms with van der Waals surface area (Å²) in [5.74, 6) is 1.23. The van der Waals surface area contributed by atoms with Crippen LogP contribution in [0.1, 0.15) is 11.1 Å². The number of pyridine rings is 1. The zero-order valence-corrected chi connectivity index (χ0v) is 20.7. The van der Waals surface area contributed by atoms with Crippen LogP contribution in [0.4, 0.5) is 0 Å². The molecule has 7 nitrogen and oxygen atoms in total. The first kappa shape index (κ1) is 23.7. The molecule has 0 saturated carbocycles. The Morgan fingerprint density at radius 1 is 0.889 bits per heavy atom. The lowest BCUT2D eigenvalue weighted by molar-refractivity contribution is 0.355. The van der Waals surface area contributed by atoms with Gasteiger partial charge in [0.25, 0.3) is 5.56 Å². The van der Waals surface area contributed by atoms with Gasteiger partial charge in [0.15, 0.2) is 11.5 Å². The summed E-state index contributed by atoms with van der Waals surface area (Å²) in [6.45, 7) is 0.918. The van der Waals surface area contributed by atoms with Gasteiger partial charge in [-0.25, -0.2) is 4.68 Å². The molecule has 8 heteroatoms. The van der Waals surface area contributed by atoms with E-state index in [1.165, 1.54) is 0 Å². The van der Waals surface area contributed by atoms with Crippen LogP contribution < -0.4 is 20.3 Å². The van der Waals surface area contributed by atoms with E-state index in [-0.39, 0.29) is 5.56 Å². The van der Waals surface area contributed by atoms with E-state index in [1.807, 2.05) is 78.9 Å². The van der Waals surface area contributed by atoms with Gasteiger partial charge in [-0.05, 0) is 48.0 Å². The van der Waals surface area contributed by atoms with E-state index in [9.17, 15) is 4.79 Å². The predicted octanol–water partition coefficient (Wildman–Crippen LogP) is 5.34. The Labute approximate surface area is 213 Å². The molecule has 0 amide bonds. The van der Waals surface area contributed by atoms with Crippen LogP contribution in [0, 0.1) is 0 Å². The molecular formula is C28H25ClN4O3. The number of rotatable bonds is 8. The van der Waals surface area contributed by atoms with Gasteiger partial charge in [-0.2, -0.15) is 5.10 Å². The molecule has 0 aliphatic rings. The third-order valence-corrected chi connectivity index (χ3v) is 6.38. The van der Waals surface area contributed by atoms with Crippen molar-refractivity contribution in [2.45, 2.75) is 13.1 Å². The van der Waals surface area contributed by atoms with Crippen molar-refractivity contribution in [3.8, 4) is 28.4 Å². The van der Waals surface area contributed by atoms with Gasteiger partial charge in [-0.1, -0.05) is 48.0 Å². The minimum atomic E-state index is -0.176. The molecule has 5 rings (SSSR count). The number of para-hydroxylation sites is 1. The van der Waals surface area contributed by atoms with E-state index in [1.54, 1.807) is 18.9 Å². The van der Waals surface area contributed by atoms with Crippen molar-refractivity contribution in [2.75, 3.05) is 14.2 Å². The highest BCUT2D eigenvalue weighted by Crippen LogP contribution is 2.35. The fraction of sp³-hybridized carbons (Fsp3) is 0.143. The summed E-state index contributed by atoms with van der Waals surface area (Å²) >= 11 is 6.27. The van der Waals surface area contributed by atoms with Crippen LogP contribution in [0.5, 0.6) is 11.5 Å². The maximum Gasteiger partial charge on any atom is 0.254 e. The molecule has 0 fully saturated rings. The van der Waals surface area contributed by atoms with Crippen LogP contribution in [0.25, 0.3) is 28.0 Å². The quantitative estimate of drug-likeness (QED) is 0.300.